The number of hydrogen-bond donors (Lipinski definition) is 0. The number of hydrogen-bond acceptors (Lipinski definition) is 2. The number of benzene rings is 1. The molecule has 0 saturated heterocycles. The Labute approximate surface area is 75.4 Å². The fraction of sp³-hybridized carbons (Fsp3) is 0.250. The van der Waals surface area contributed by atoms with Crippen LogP contribution in [0.4, 0.5) is 0 Å². The highest BCUT2D eigenvalue weighted by molar-refractivity contribution is 7.99. The van der Waals surface area contributed by atoms with E-state index in [4.69, 9.17) is 5.53 Å². The van der Waals surface area contributed by atoms with E-state index < -0.39 is 0 Å². The summed E-state index contributed by atoms with van der Waals surface area (Å²) < 4.78 is 0. The van der Waals surface area contributed by atoms with Crippen molar-refractivity contribution in [2.75, 3.05) is 12.3 Å². The van der Waals surface area contributed by atoms with Crippen LogP contribution in [0.5, 0.6) is 0 Å². The van der Waals surface area contributed by atoms with Crippen LogP contribution in [0.2, 0.25) is 0 Å². The highest BCUT2D eigenvalue weighted by Crippen LogP contribution is 2.15. The molecular weight excluding hydrogens is 170 g/mol. The van der Waals surface area contributed by atoms with Crippen molar-refractivity contribution in [3.8, 4) is 0 Å². The van der Waals surface area contributed by atoms with E-state index in [1.807, 2.05) is 30.3 Å². The molecule has 0 aliphatic rings. The topological polar surface area (TPSA) is 48.8 Å². The zero-order chi connectivity index (χ0) is 8.65. The summed E-state index contributed by atoms with van der Waals surface area (Å²) in [6.45, 7) is 0.552. The molecule has 0 unspecified atom stereocenters. The third-order valence-electron chi connectivity index (χ3n) is 1.27. The lowest BCUT2D eigenvalue weighted by atomic mass is 10.4. The Morgan fingerprint density at radius 3 is 2.75 bits per heavy atom. The molecule has 3 nitrogen and oxygen atoms in total. The van der Waals surface area contributed by atoms with Gasteiger partial charge in [0, 0.05) is 22.1 Å². The van der Waals surface area contributed by atoms with Crippen LogP contribution < -0.4 is 0 Å². The SMILES string of the molecule is [N-]=[N+]=NCCSc1ccccc1. The van der Waals surface area contributed by atoms with Gasteiger partial charge in [-0.05, 0) is 17.7 Å². The number of nitrogens with zero attached hydrogens (tertiary/aromatic N) is 3. The molecule has 4 heteroatoms. The summed E-state index contributed by atoms with van der Waals surface area (Å²) in [4.78, 5) is 3.89. The van der Waals surface area contributed by atoms with Gasteiger partial charge in [-0.2, -0.15) is 0 Å². The van der Waals surface area contributed by atoms with Crippen molar-refractivity contribution < 1.29 is 0 Å². The highest BCUT2D eigenvalue weighted by atomic mass is 32.2. The van der Waals surface area contributed by atoms with Crippen LogP contribution in [0.15, 0.2) is 40.3 Å². The Morgan fingerprint density at radius 2 is 2.08 bits per heavy atom. The summed E-state index contributed by atoms with van der Waals surface area (Å²) in [5.74, 6) is 0.841. The monoisotopic (exact) mass is 179 g/mol. The van der Waals surface area contributed by atoms with E-state index >= 15 is 0 Å². The second-order valence-electron chi connectivity index (χ2n) is 2.12. The minimum atomic E-state index is 0.552. The zero-order valence-electron chi connectivity index (χ0n) is 6.55. The molecule has 1 aromatic rings. The maximum Gasteiger partial charge on any atom is 0.0352 e. The van der Waals surface area contributed by atoms with Crippen LogP contribution in [0.1, 0.15) is 0 Å². The van der Waals surface area contributed by atoms with E-state index in [-0.39, 0.29) is 0 Å². The lowest BCUT2D eigenvalue weighted by Gasteiger charge is -1.96. The average Bonchev–Trinajstić information content (AvgIpc) is 2.14. The fourth-order valence-corrected chi connectivity index (χ4v) is 1.52. The first-order valence-corrected chi connectivity index (χ1v) is 4.61. The Morgan fingerprint density at radius 1 is 1.33 bits per heavy atom. The summed E-state index contributed by atoms with van der Waals surface area (Å²) in [6.07, 6.45) is 0. The van der Waals surface area contributed by atoms with Gasteiger partial charge in [0.2, 0.25) is 0 Å². The Hall–Kier alpha value is -1.12. The number of thioether (sulfide) groups is 1. The summed E-state index contributed by atoms with van der Waals surface area (Å²) in [6, 6.07) is 10.1. The zero-order valence-corrected chi connectivity index (χ0v) is 7.37. The van der Waals surface area contributed by atoms with Crippen LogP contribution >= 0.6 is 11.8 Å². The summed E-state index contributed by atoms with van der Waals surface area (Å²) >= 11 is 1.70. The van der Waals surface area contributed by atoms with Crippen molar-refractivity contribution in [1.82, 2.24) is 0 Å². The van der Waals surface area contributed by atoms with Gasteiger partial charge in [-0.15, -0.1) is 11.8 Å². The maximum absolute atomic E-state index is 8.01. The van der Waals surface area contributed by atoms with E-state index in [2.05, 4.69) is 10.0 Å². The van der Waals surface area contributed by atoms with E-state index in [0.29, 0.717) is 6.54 Å². The van der Waals surface area contributed by atoms with Gasteiger partial charge in [0.05, 0.1) is 0 Å². The maximum atomic E-state index is 8.01. The van der Waals surface area contributed by atoms with Gasteiger partial charge in [0.15, 0.2) is 0 Å². The molecule has 0 heterocycles. The molecule has 0 radical (unpaired) electrons. The summed E-state index contributed by atoms with van der Waals surface area (Å²) in [5.41, 5.74) is 8.01. The molecule has 0 spiro atoms. The van der Waals surface area contributed by atoms with Crippen molar-refractivity contribution in [3.63, 3.8) is 0 Å². The molecule has 0 atom stereocenters. The molecule has 0 fully saturated rings. The molecule has 12 heavy (non-hydrogen) atoms. The first-order valence-electron chi connectivity index (χ1n) is 3.62. The van der Waals surface area contributed by atoms with Gasteiger partial charge in [0.1, 0.15) is 0 Å². The molecule has 0 aliphatic heterocycles. The largest absolute Gasteiger partial charge is 0.126 e. The fourth-order valence-electron chi connectivity index (χ4n) is 0.766. The van der Waals surface area contributed by atoms with Crippen molar-refractivity contribution in [3.05, 3.63) is 40.8 Å². The molecular formula is C8H9N3S. The molecule has 0 aromatic heterocycles. The van der Waals surface area contributed by atoms with Gasteiger partial charge in [-0.3, -0.25) is 0 Å². The molecule has 1 aromatic carbocycles. The van der Waals surface area contributed by atoms with Crippen LogP contribution in [0.3, 0.4) is 0 Å². The van der Waals surface area contributed by atoms with E-state index in [1.165, 1.54) is 4.90 Å². The van der Waals surface area contributed by atoms with Gasteiger partial charge in [-0.1, -0.05) is 23.3 Å². The van der Waals surface area contributed by atoms with E-state index in [1.54, 1.807) is 11.8 Å². The quantitative estimate of drug-likeness (QED) is 0.230. The van der Waals surface area contributed by atoms with E-state index in [0.717, 1.165) is 5.75 Å². The third kappa shape index (κ3) is 3.32. The normalized spacial score (nSPS) is 9.00. The van der Waals surface area contributed by atoms with Gasteiger partial charge >= 0.3 is 0 Å². The Kier molecular flexibility index (Phi) is 4.13. The molecule has 1 rings (SSSR count). The summed E-state index contributed by atoms with van der Waals surface area (Å²) in [7, 11) is 0. The van der Waals surface area contributed by atoms with Gasteiger partial charge in [0.25, 0.3) is 0 Å². The highest BCUT2D eigenvalue weighted by Gasteiger charge is 1.89. The van der Waals surface area contributed by atoms with Gasteiger partial charge in [-0.25, -0.2) is 0 Å². The second-order valence-corrected chi connectivity index (χ2v) is 3.28. The third-order valence-corrected chi connectivity index (χ3v) is 2.26. The molecule has 0 bridgehead atoms. The van der Waals surface area contributed by atoms with Crippen molar-refractivity contribution in [2.24, 2.45) is 5.11 Å². The van der Waals surface area contributed by atoms with Crippen LogP contribution in [0, 0.1) is 0 Å². The Balaban J connectivity index is 2.29. The average molecular weight is 179 g/mol. The second kappa shape index (κ2) is 5.52. The minimum absolute atomic E-state index is 0.552. The smallest absolute Gasteiger partial charge is 0.0352 e. The molecule has 0 amide bonds. The van der Waals surface area contributed by atoms with E-state index in [9.17, 15) is 0 Å². The molecule has 0 N–H and O–H groups in total. The van der Waals surface area contributed by atoms with Crippen LogP contribution in [-0.4, -0.2) is 12.3 Å². The predicted octanol–water partition coefficient (Wildman–Crippen LogP) is 3.09. The Bertz CT molecular complexity index is 267. The molecule has 62 valence electrons. The lowest BCUT2D eigenvalue weighted by molar-refractivity contribution is 1.12. The first kappa shape index (κ1) is 8.97. The van der Waals surface area contributed by atoms with Gasteiger partial charge < -0.3 is 0 Å². The van der Waals surface area contributed by atoms with Crippen molar-refractivity contribution in [2.45, 2.75) is 4.90 Å². The number of rotatable bonds is 4. The van der Waals surface area contributed by atoms with Crippen molar-refractivity contribution in [1.29, 1.82) is 0 Å². The van der Waals surface area contributed by atoms with Crippen LogP contribution in [0.25, 0.3) is 10.4 Å². The summed E-state index contributed by atoms with van der Waals surface area (Å²) in [5, 5.41) is 3.45. The predicted molar refractivity (Wildman–Crippen MR) is 51.2 cm³/mol. The first-order chi connectivity index (χ1) is 5.93. The standard InChI is InChI=1S/C8H9N3S/c9-11-10-6-7-12-8-4-2-1-3-5-8/h1-5H,6-7H2. The molecule has 0 aliphatic carbocycles. The molecule has 0 saturated carbocycles. The lowest BCUT2D eigenvalue weighted by Crippen LogP contribution is -1.81. The number of azide groups is 1. The van der Waals surface area contributed by atoms with Crippen LogP contribution in [-0.2, 0) is 0 Å². The minimum Gasteiger partial charge on any atom is -0.126 e. The van der Waals surface area contributed by atoms with Crippen molar-refractivity contribution >= 4 is 11.8 Å².